The zero-order valence-corrected chi connectivity index (χ0v) is 21.0. The Labute approximate surface area is 205 Å². The summed E-state index contributed by atoms with van der Waals surface area (Å²) in [6, 6.07) is -3.83. The van der Waals surface area contributed by atoms with E-state index in [2.05, 4.69) is 28.6 Å². The van der Waals surface area contributed by atoms with E-state index < -0.39 is 47.9 Å². The molecule has 0 bridgehead atoms. The number of aliphatic carboxylic acids is 1. The lowest BCUT2D eigenvalue weighted by atomic mass is 10.1. The SMILES string of the molecule is CSCCC(NC(=O)C(CS)NC(=O)C(CCCCN)NC(=O)C(N)CCCCN)C(=O)O. The van der Waals surface area contributed by atoms with Crippen LogP contribution >= 0.6 is 24.4 Å². The zero-order valence-electron chi connectivity index (χ0n) is 19.3. The Morgan fingerprint density at radius 2 is 1.33 bits per heavy atom. The van der Waals surface area contributed by atoms with Crippen LogP contribution in [0.3, 0.4) is 0 Å². The summed E-state index contributed by atoms with van der Waals surface area (Å²) in [6.07, 6.45) is 5.52. The Kier molecular flexibility index (Phi) is 18.0. The second-order valence-corrected chi connectivity index (χ2v) is 9.01. The van der Waals surface area contributed by atoms with Crippen molar-refractivity contribution in [1.29, 1.82) is 0 Å². The highest BCUT2D eigenvalue weighted by Crippen LogP contribution is 2.06. The van der Waals surface area contributed by atoms with Gasteiger partial charge in [-0.3, -0.25) is 14.4 Å². The fraction of sp³-hybridized carbons (Fsp3) is 0.800. The van der Waals surface area contributed by atoms with Crippen LogP contribution in [0.4, 0.5) is 0 Å². The molecule has 4 atom stereocenters. The van der Waals surface area contributed by atoms with Gasteiger partial charge >= 0.3 is 5.97 Å². The number of thioether (sulfide) groups is 1. The highest BCUT2D eigenvalue weighted by molar-refractivity contribution is 7.98. The summed E-state index contributed by atoms with van der Waals surface area (Å²) in [5, 5.41) is 17.0. The van der Waals surface area contributed by atoms with Crippen LogP contribution in [0.15, 0.2) is 0 Å². The molecule has 0 radical (unpaired) electrons. The van der Waals surface area contributed by atoms with E-state index in [9.17, 15) is 24.3 Å². The molecule has 0 aliphatic heterocycles. The molecule has 0 aliphatic carbocycles. The summed E-state index contributed by atoms with van der Waals surface area (Å²) in [5.74, 6) is -2.34. The monoisotopic (exact) mass is 508 g/mol. The normalized spacial score (nSPS) is 14.6. The van der Waals surface area contributed by atoms with Gasteiger partial charge in [-0.05, 0) is 63.6 Å². The van der Waals surface area contributed by atoms with Crippen LogP contribution < -0.4 is 33.2 Å². The largest absolute Gasteiger partial charge is 0.480 e. The van der Waals surface area contributed by atoms with Crippen LogP contribution in [0, 0.1) is 0 Å². The topological polar surface area (TPSA) is 203 Å². The molecule has 0 spiro atoms. The van der Waals surface area contributed by atoms with Gasteiger partial charge in [-0.25, -0.2) is 4.79 Å². The van der Waals surface area contributed by atoms with Gasteiger partial charge in [0.15, 0.2) is 0 Å². The molecule has 4 unspecified atom stereocenters. The molecule has 10 N–H and O–H groups in total. The molecule has 0 fully saturated rings. The third-order valence-corrected chi connectivity index (χ3v) is 5.94. The van der Waals surface area contributed by atoms with Crippen LogP contribution in [0.1, 0.15) is 44.9 Å². The van der Waals surface area contributed by atoms with Gasteiger partial charge in [0.25, 0.3) is 0 Å². The fourth-order valence-corrected chi connectivity index (χ4v) is 3.64. The molecule has 192 valence electrons. The van der Waals surface area contributed by atoms with Gasteiger partial charge in [0.05, 0.1) is 6.04 Å². The predicted octanol–water partition coefficient (Wildman–Crippen LogP) is -1.21. The van der Waals surface area contributed by atoms with Crippen molar-refractivity contribution in [2.75, 3.05) is 30.9 Å². The Morgan fingerprint density at radius 3 is 1.85 bits per heavy atom. The zero-order chi connectivity index (χ0) is 25.2. The first-order valence-corrected chi connectivity index (χ1v) is 13.1. The molecule has 13 heteroatoms. The number of carbonyl (C=O) groups is 4. The highest BCUT2D eigenvalue weighted by Gasteiger charge is 2.29. The number of nitrogens with one attached hydrogen (secondary N) is 3. The van der Waals surface area contributed by atoms with E-state index in [1.807, 2.05) is 6.26 Å². The van der Waals surface area contributed by atoms with Crippen LogP contribution in [-0.4, -0.2) is 83.8 Å². The molecule has 0 aromatic carbocycles. The second kappa shape index (κ2) is 18.8. The van der Waals surface area contributed by atoms with Crippen LogP contribution in [0.25, 0.3) is 0 Å². The Hall–Kier alpha value is -1.54. The van der Waals surface area contributed by atoms with Gasteiger partial charge in [-0.2, -0.15) is 24.4 Å². The van der Waals surface area contributed by atoms with Crippen LogP contribution in [0.2, 0.25) is 0 Å². The standard InChI is InChI=1S/C20H40N6O5S2/c1-33-11-8-15(20(30)31)25-19(29)16(12-32)26-18(28)14(7-3-5-10-22)24-17(27)13(23)6-2-4-9-21/h13-16,32H,2-12,21-23H2,1H3,(H,24,27)(H,25,29)(H,26,28)(H,30,31). The first-order chi connectivity index (χ1) is 15.7. The van der Waals surface area contributed by atoms with Crippen molar-refractivity contribution in [3.8, 4) is 0 Å². The molecule has 3 amide bonds. The number of unbranched alkanes of at least 4 members (excludes halogenated alkanes) is 2. The van der Waals surface area contributed by atoms with Crippen molar-refractivity contribution in [2.45, 2.75) is 69.1 Å². The van der Waals surface area contributed by atoms with Crippen molar-refractivity contribution in [1.82, 2.24) is 16.0 Å². The van der Waals surface area contributed by atoms with Crippen molar-refractivity contribution in [3.05, 3.63) is 0 Å². The summed E-state index contributed by atoms with van der Waals surface area (Å²) < 4.78 is 0. The molecule has 33 heavy (non-hydrogen) atoms. The van der Waals surface area contributed by atoms with E-state index in [1.165, 1.54) is 11.8 Å². The molecule has 0 aromatic rings. The van der Waals surface area contributed by atoms with E-state index in [0.29, 0.717) is 50.9 Å². The second-order valence-electron chi connectivity index (χ2n) is 7.66. The highest BCUT2D eigenvalue weighted by atomic mass is 32.2. The van der Waals surface area contributed by atoms with Crippen molar-refractivity contribution in [3.63, 3.8) is 0 Å². The van der Waals surface area contributed by atoms with Gasteiger partial charge in [-0.1, -0.05) is 6.42 Å². The minimum atomic E-state index is -1.16. The summed E-state index contributed by atoms with van der Waals surface area (Å²) in [5.41, 5.74) is 16.9. The number of hydrogen-bond donors (Lipinski definition) is 8. The lowest BCUT2D eigenvalue weighted by Crippen LogP contribution is -2.57. The minimum Gasteiger partial charge on any atom is -0.480 e. The molecule has 0 rings (SSSR count). The number of carboxylic acids is 1. The average Bonchev–Trinajstić information content (AvgIpc) is 2.78. The smallest absolute Gasteiger partial charge is 0.326 e. The van der Waals surface area contributed by atoms with E-state index in [4.69, 9.17) is 17.2 Å². The fourth-order valence-electron chi connectivity index (χ4n) is 2.91. The van der Waals surface area contributed by atoms with Gasteiger partial charge in [-0.15, -0.1) is 0 Å². The lowest BCUT2D eigenvalue weighted by Gasteiger charge is -2.24. The first-order valence-electron chi connectivity index (χ1n) is 11.1. The molecule has 0 heterocycles. The van der Waals surface area contributed by atoms with Crippen molar-refractivity contribution < 1.29 is 24.3 Å². The molecule has 0 saturated carbocycles. The quantitative estimate of drug-likeness (QED) is 0.0778. The van der Waals surface area contributed by atoms with Gasteiger partial charge in [0, 0.05) is 5.75 Å². The van der Waals surface area contributed by atoms with Gasteiger partial charge in [0.1, 0.15) is 18.1 Å². The molecular weight excluding hydrogens is 468 g/mol. The molecule has 0 aliphatic rings. The number of rotatable bonds is 19. The van der Waals surface area contributed by atoms with Crippen LogP contribution in [0.5, 0.6) is 0 Å². The Balaban J connectivity index is 5.14. The first kappa shape index (κ1) is 31.5. The summed E-state index contributed by atoms with van der Waals surface area (Å²) in [4.78, 5) is 49.3. The Bertz CT molecular complexity index is 613. The number of amides is 3. The maximum absolute atomic E-state index is 12.9. The van der Waals surface area contributed by atoms with Crippen LogP contribution in [-0.2, 0) is 19.2 Å². The number of carboxylic acid groups (broad SMARTS) is 1. The van der Waals surface area contributed by atoms with Crippen molar-refractivity contribution >= 4 is 48.1 Å². The summed E-state index contributed by atoms with van der Waals surface area (Å²) >= 11 is 5.58. The molecular formula is C20H40N6O5S2. The van der Waals surface area contributed by atoms with E-state index >= 15 is 0 Å². The Morgan fingerprint density at radius 1 is 0.818 bits per heavy atom. The van der Waals surface area contributed by atoms with Gasteiger partial charge in [0.2, 0.25) is 17.7 Å². The minimum absolute atomic E-state index is 0.0471. The maximum atomic E-state index is 12.9. The lowest BCUT2D eigenvalue weighted by molar-refractivity contribution is -0.142. The maximum Gasteiger partial charge on any atom is 0.326 e. The molecule has 11 nitrogen and oxygen atoms in total. The van der Waals surface area contributed by atoms with E-state index in [0.717, 1.165) is 6.42 Å². The predicted molar refractivity (Wildman–Crippen MR) is 134 cm³/mol. The van der Waals surface area contributed by atoms with Crippen molar-refractivity contribution in [2.24, 2.45) is 17.2 Å². The third kappa shape index (κ3) is 13.7. The van der Waals surface area contributed by atoms with E-state index in [1.54, 1.807) is 0 Å². The summed E-state index contributed by atoms with van der Waals surface area (Å²) in [6.45, 7) is 0.945. The number of carbonyl (C=O) groups excluding carboxylic acids is 3. The number of hydrogen-bond acceptors (Lipinski definition) is 9. The number of nitrogens with two attached hydrogens (primary N) is 3. The van der Waals surface area contributed by atoms with Gasteiger partial charge < -0.3 is 38.3 Å². The molecule has 0 saturated heterocycles. The third-order valence-electron chi connectivity index (χ3n) is 4.93. The number of thiol groups is 1. The average molecular weight is 509 g/mol. The molecule has 0 aromatic heterocycles. The summed E-state index contributed by atoms with van der Waals surface area (Å²) in [7, 11) is 0. The van der Waals surface area contributed by atoms with E-state index in [-0.39, 0.29) is 12.2 Å².